The van der Waals surface area contributed by atoms with Crippen LogP contribution in [0.15, 0.2) is 0 Å². The van der Waals surface area contributed by atoms with Gasteiger partial charge in [0.05, 0.1) is 0 Å². The zero-order valence-corrected chi connectivity index (χ0v) is 11.8. The van der Waals surface area contributed by atoms with Crippen LogP contribution in [-0.4, -0.2) is 35.0 Å². The molecule has 0 aromatic heterocycles. The highest BCUT2D eigenvalue weighted by Crippen LogP contribution is 2.21. The van der Waals surface area contributed by atoms with Crippen LogP contribution in [0.1, 0.15) is 47.5 Å². The Labute approximate surface area is 104 Å². The molecule has 0 fully saturated rings. The molecule has 0 aromatic carbocycles. The van der Waals surface area contributed by atoms with Gasteiger partial charge in [0.15, 0.2) is 0 Å². The molecule has 0 aliphatic rings. The molecule has 0 bridgehead atoms. The van der Waals surface area contributed by atoms with Gasteiger partial charge >= 0.3 is 5.97 Å². The van der Waals surface area contributed by atoms with Crippen molar-refractivity contribution in [2.45, 2.75) is 53.5 Å². The van der Waals surface area contributed by atoms with E-state index in [0.29, 0.717) is 12.8 Å². The van der Waals surface area contributed by atoms with Crippen molar-refractivity contribution in [2.75, 3.05) is 7.05 Å². The molecule has 4 heteroatoms. The average molecular weight is 243 g/mol. The summed E-state index contributed by atoms with van der Waals surface area (Å²) in [5.41, 5.74) is -0.119. The van der Waals surface area contributed by atoms with Crippen LogP contribution in [0.25, 0.3) is 0 Å². The molecule has 0 radical (unpaired) electrons. The lowest BCUT2D eigenvalue weighted by molar-refractivity contribution is -0.150. The maximum atomic E-state index is 11.9. The number of likely N-dealkylation sites (N-methyl/N-ethyl adjacent to an activating group) is 1. The van der Waals surface area contributed by atoms with Gasteiger partial charge in [-0.25, -0.2) is 4.79 Å². The third-order valence-electron chi connectivity index (χ3n) is 2.52. The Morgan fingerprint density at radius 1 is 1.24 bits per heavy atom. The molecular formula is C13H25NO3. The van der Waals surface area contributed by atoms with Crippen molar-refractivity contribution in [2.24, 2.45) is 11.3 Å². The van der Waals surface area contributed by atoms with Crippen LogP contribution >= 0.6 is 0 Å². The van der Waals surface area contributed by atoms with E-state index in [1.54, 1.807) is 7.05 Å². The van der Waals surface area contributed by atoms with Gasteiger partial charge in [-0.3, -0.25) is 4.79 Å². The van der Waals surface area contributed by atoms with E-state index in [1.165, 1.54) is 4.90 Å². The number of carboxylic acid groups (broad SMARTS) is 1. The molecule has 0 aliphatic carbocycles. The number of hydrogen-bond donors (Lipinski definition) is 1. The normalized spacial score (nSPS) is 13.6. The molecule has 17 heavy (non-hydrogen) atoms. The summed E-state index contributed by atoms with van der Waals surface area (Å²) >= 11 is 0. The van der Waals surface area contributed by atoms with Crippen LogP contribution in [0.4, 0.5) is 0 Å². The molecule has 4 nitrogen and oxygen atoms in total. The Hall–Kier alpha value is -1.06. The molecule has 100 valence electrons. The summed E-state index contributed by atoms with van der Waals surface area (Å²) in [7, 11) is 1.58. The fourth-order valence-electron chi connectivity index (χ4n) is 1.62. The van der Waals surface area contributed by atoms with Crippen molar-refractivity contribution >= 4 is 11.9 Å². The van der Waals surface area contributed by atoms with E-state index in [1.807, 2.05) is 34.6 Å². The van der Waals surface area contributed by atoms with Gasteiger partial charge < -0.3 is 10.0 Å². The summed E-state index contributed by atoms with van der Waals surface area (Å²) < 4.78 is 0. The Morgan fingerprint density at radius 2 is 1.71 bits per heavy atom. The van der Waals surface area contributed by atoms with Crippen molar-refractivity contribution in [3.63, 3.8) is 0 Å². The monoisotopic (exact) mass is 243 g/mol. The van der Waals surface area contributed by atoms with Crippen LogP contribution in [0.2, 0.25) is 0 Å². The van der Waals surface area contributed by atoms with E-state index in [-0.39, 0.29) is 17.2 Å². The molecule has 0 spiro atoms. The van der Waals surface area contributed by atoms with Gasteiger partial charge in [-0.1, -0.05) is 34.6 Å². The Balaban J connectivity index is 4.67. The van der Waals surface area contributed by atoms with E-state index < -0.39 is 12.0 Å². The summed E-state index contributed by atoms with van der Waals surface area (Å²) in [5, 5.41) is 9.15. The lowest BCUT2D eigenvalue weighted by Crippen LogP contribution is -2.44. The van der Waals surface area contributed by atoms with Gasteiger partial charge in [-0.2, -0.15) is 0 Å². The molecule has 0 rings (SSSR count). The predicted octanol–water partition coefficient (Wildman–Crippen LogP) is 2.38. The molecule has 0 heterocycles. The van der Waals surface area contributed by atoms with Crippen molar-refractivity contribution in [1.82, 2.24) is 4.90 Å². The third kappa shape index (κ3) is 6.29. The fourth-order valence-corrected chi connectivity index (χ4v) is 1.62. The summed E-state index contributed by atoms with van der Waals surface area (Å²) in [6.45, 7) is 9.82. The van der Waals surface area contributed by atoms with E-state index in [2.05, 4.69) is 0 Å². The van der Waals surface area contributed by atoms with Crippen molar-refractivity contribution in [3.05, 3.63) is 0 Å². The topological polar surface area (TPSA) is 57.6 Å². The third-order valence-corrected chi connectivity index (χ3v) is 2.52. The number of carbonyl (C=O) groups is 2. The number of nitrogens with zero attached hydrogens (tertiary/aromatic N) is 1. The van der Waals surface area contributed by atoms with Gasteiger partial charge in [-0.05, 0) is 17.8 Å². The number of carbonyl (C=O) groups excluding carboxylic acids is 1. The minimum Gasteiger partial charge on any atom is -0.480 e. The lowest BCUT2D eigenvalue weighted by Gasteiger charge is -2.29. The van der Waals surface area contributed by atoms with Crippen molar-refractivity contribution in [1.29, 1.82) is 0 Å². The Morgan fingerprint density at radius 3 is 2.00 bits per heavy atom. The second kappa shape index (κ2) is 6.03. The second-order valence-electron chi connectivity index (χ2n) is 6.23. The quantitative estimate of drug-likeness (QED) is 0.806. The average Bonchev–Trinajstić information content (AvgIpc) is 2.09. The minimum atomic E-state index is -0.927. The van der Waals surface area contributed by atoms with Gasteiger partial charge in [0.25, 0.3) is 0 Å². The van der Waals surface area contributed by atoms with E-state index in [4.69, 9.17) is 5.11 Å². The first-order chi connectivity index (χ1) is 7.54. The summed E-state index contributed by atoms with van der Waals surface area (Å²) in [4.78, 5) is 24.5. The largest absolute Gasteiger partial charge is 0.480 e. The van der Waals surface area contributed by atoms with Crippen LogP contribution in [0, 0.1) is 11.3 Å². The van der Waals surface area contributed by atoms with Gasteiger partial charge in [0.2, 0.25) is 5.91 Å². The zero-order valence-electron chi connectivity index (χ0n) is 11.8. The number of hydrogen-bond acceptors (Lipinski definition) is 2. The number of aliphatic carboxylic acids is 1. The van der Waals surface area contributed by atoms with Gasteiger partial charge in [0.1, 0.15) is 6.04 Å². The standard InChI is InChI=1S/C13H25NO3/c1-9(2)7-10(12(16)17)14(6)11(15)8-13(3,4)5/h9-10H,7-8H2,1-6H3,(H,16,17). The number of amides is 1. The van der Waals surface area contributed by atoms with Crippen LogP contribution in [0.5, 0.6) is 0 Å². The highest BCUT2D eigenvalue weighted by atomic mass is 16.4. The molecule has 1 N–H and O–H groups in total. The molecule has 0 saturated heterocycles. The molecule has 0 aliphatic heterocycles. The van der Waals surface area contributed by atoms with Crippen molar-refractivity contribution < 1.29 is 14.7 Å². The molecule has 1 amide bonds. The molecule has 0 saturated carbocycles. The number of carboxylic acids is 1. The van der Waals surface area contributed by atoms with Crippen LogP contribution < -0.4 is 0 Å². The molecule has 1 unspecified atom stereocenters. The summed E-state index contributed by atoms with van der Waals surface area (Å²) in [6, 6.07) is -0.718. The second-order valence-corrected chi connectivity index (χ2v) is 6.23. The lowest BCUT2D eigenvalue weighted by atomic mass is 9.91. The van der Waals surface area contributed by atoms with Crippen LogP contribution in [0.3, 0.4) is 0 Å². The zero-order chi connectivity index (χ0) is 13.8. The Bertz CT molecular complexity index is 279. The first-order valence-corrected chi connectivity index (χ1v) is 6.03. The predicted molar refractivity (Wildman–Crippen MR) is 67.7 cm³/mol. The van der Waals surface area contributed by atoms with E-state index >= 15 is 0 Å². The SMILES string of the molecule is CC(C)CC(C(=O)O)N(C)C(=O)CC(C)(C)C. The first-order valence-electron chi connectivity index (χ1n) is 6.03. The van der Waals surface area contributed by atoms with E-state index in [0.717, 1.165) is 0 Å². The Kier molecular flexibility index (Phi) is 5.66. The highest BCUT2D eigenvalue weighted by Gasteiger charge is 2.29. The maximum absolute atomic E-state index is 11.9. The fraction of sp³-hybridized carbons (Fsp3) is 0.846. The smallest absolute Gasteiger partial charge is 0.326 e. The van der Waals surface area contributed by atoms with Gasteiger partial charge in [-0.15, -0.1) is 0 Å². The van der Waals surface area contributed by atoms with Crippen molar-refractivity contribution in [3.8, 4) is 0 Å². The minimum absolute atomic E-state index is 0.106. The van der Waals surface area contributed by atoms with E-state index in [9.17, 15) is 9.59 Å². The van der Waals surface area contributed by atoms with Crippen LogP contribution in [-0.2, 0) is 9.59 Å². The number of rotatable bonds is 5. The molecule has 0 aromatic rings. The maximum Gasteiger partial charge on any atom is 0.326 e. The summed E-state index contributed by atoms with van der Waals surface area (Å²) in [5.74, 6) is -0.782. The van der Waals surface area contributed by atoms with Gasteiger partial charge in [0, 0.05) is 13.5 Å². The first kappa shape index (κ1) is 15.9. The molecular weight excluding hydrogens is 218 g/mol. The summed E-state index contributed by atoms with van der Waals surface area (Å²) in [6.07, 6.45) is 0.854. The molecule has 1 atom stereocenters. The highest BCUT2D eigenvalue weighted by molar-refractivity contribution is 5.83.